The average Bonchev–Trinajstić information content (AvgIpc) is 2.05. The zero-order valence-corrected chi connectivity index (χ0v) is 7.07. The van der Waals surface area contributed by atoms with Gasteiger partial charge in [0.15, 0.2) is 0 Å². The van der Waals surface area contributed by atoms with Gasteiger partial charge in [-0.05, 0) is 25.1 Å². The molecule has 0 spiro atoms. The second-order valence-electron chi connectivity index (χ2n) is 2.52. The van der Waals surface area contributed by atoms with E-state index in [1.165, 1.54) is 0 Å². The van der Waals surface area contributed by atoms with E-state index in [-0.39, 0.29) is 0 Å². The lowest BCUT2D eigenvalue weighted by molar-refractivity contribution is 1.33. The summed E-state index contributed by atoms with van der Waals surface area (Å²) in [6.07, 6.45) is 3.47. The standard InChI is InChI=1S/C10H12N2/c1-9(11)7-8-12-10-5-3-2-4-6-10/h2-8H,11H2,1H3. The van der Waals surface area contributed by atoms with Crippen LogP contribution in [0.15, 0.2) is 47.1 Å². The Bertz CT molecular complexity index is 282. The first-order valence-electron chi connectivity index (χ1n) is 3.80. The fraction of sp³-hybridized carbons (Fsp3) is 0.100. The lowest BCUT2D eigenvalue weighted by Crippen LogP contribution is -1.89. The molecule has 0 fully saturated rings. The second kappa shape index (κ2) is 4.34. The smallest absolute Gasteiger partial charge is 0.0629 e. The molecule has 0 aliphatic carbocycles. The molecule has 0 aliphatic rings. The fourth-order valence-corrected chi connectivity index (χ4v) is 0.755. The van der Waals surface area contributed by atoms with Crippen LogP contribution in [0.5, 0.6) is 0 Å². The van der Waals surface area contributed by atoms with Gasteiger partial charge in [-0.15, -0.1) is 0 Å². The Morgan fingerprint density at radius 3 is 2.58 bits per heavy atom. The molecule has 1 rings (SSSR count). The number of hydrogen-bond acceptors (Lipinski definition) is 2. The molecule has 0 aliphatic heterocycles. The molecule has 2 N–H and O–H groups in total. The van der Waals surface area contributed by atoms with Crippen LogP contribution in [0.25, 0.3) is 0 Å². The van der Waals surface area contributed by atoms with Crippen molar-refractivity contribution in [3.63, 3.8) is 0 Å². The van der Waals surface area contributed by atoms with Crippen LogP contribution in [0.1, 0.15) is 6.92 Å². The topological polar surface area (TPSA) is 38.4 Å². The number of hydrogen-bond donors (Lipinski definition) is 1. The molecule has 0 atom stereocenters. The molecule has 1 aromatic rings. The third-order valence-electron chi connectivity index (χ3n) is 1.32. The minimum atomic E-state index is 0.759. The van der Waals surface area contributed by atoms with Gasteiger partial charge in [-0.1, -0.05) is 18.2 Å². The van der Waals surface area contributed by atoms with Crippen LogP contribution < -0.4 is 5.73 Å². The van der Waals surface area contributed by atoms with Gasteiger partial charge in [0.2, 0.25) is 0 Å². The molecule has 0 saturated heterocycles. The lowest BCUT2D eigenvalue weighted by atomic mass is 10.3. The molecule has 12 heavy (non-hydrogen) atoms. The summed E-state index contributed by atoms with van der Waals surface area (Å²) in [5.41, 5.74) is 7.13. The first-order valence-corrected chi connectivity index (χ1v) is 3.80. The summed E-state index contributed by atoms with van der Waals surface area (Å²) in [5.74, 6) is 0. The second-order valence-corrected chi connectivity index (χ2v) is 2.52. The largest absolute Gasteiger partial charge is 0.402 e. The zero-order chi connectivity index (χ0) is 8.81. The van der Waals surface area contributed by atoms with Crippen molar-refractivity contribution in [3.05, 3.63) is 42.1 Å². The van der Waals surface area contributed by atoms with Crippen molar-refractivity contribution in [1.82, 2.24) is 0 Å². The van der Waals surface area contributed by atoms with E-state index in [0.29, 0.717) is 0 Å². The minimum Gasteiger partial charge on any atom is -0.402 e. The molecule has 2 nitrogen and oxygen atoms in total. The summed E-state index contributed by atoms with van der Waals surface area (Å²) in [6, 6.07) is 9.74. The van der Waals surface area contributed by atoms with Crippen molar-refractivity contribution in [2.24, 2.45) is 10.7 Å². The molecule has 0 amide bonds. The molecular formula is C10H12N2. The highest BCUT2D eigenvalue weighted by atomic mass is 14.7. The molecule has 0 aromatic heterocycles. The number of para-hydroxylation sites is 1. The fourth-order valence-electron chi connectivity index (χ4n) is 0.755. The van der Waals surface area contributed by atoms with E-state index in [4.69, 9.17) is 5.73 Å². The molecule has 62 valence electrons. The maximum atomic E-state index is 5.43. The molecule has 1 aromatic carbocycles. The van der Waals surface area contributed by atoms with Crippen LogP contribution in [0.4, 0.5) is 5.69 Å². The Balaban J connectivity index is 2.64. The van der Waals surface area contributed by atoms with E-state index in [2.05, 4.69) is 4.99 Å². The number of nitrogens with two attached hydrogens (primary N) is 1. The van der Waals surface area contributed by atoms with Crippen LogP contribution in [-0.4, -0.2) is 6.21 Å². The maximum Gasteiger partial charge on any atom is 0.0629 e. The number of rotatable bonds is 2. The van der Waals surface area contributed by atoms with Gasteiger partial charge in [-0.3, -0.25) is 4.99 Å². The molecule has 0 unspecified atom stereocenters. The number of nitrogens with zero attached hydrogens (tertiary/aromatic N) is 1. The summed E-state index contributed by atoms with van der Waals surface area (Å²) in [4.78, 5) is 4.16. The zero-order valence-electron chi connectivity index (χ0n) is 7.07. The summed E-state index contributed by atoms with van der Waals surface area (Å²) < 4.78 is 0. The van der Waals surface area contributed by atoms with E-state index in [1.807, 2.05) is 37.3 Å². The van der Waals surface area contributed by atoms with Crippen LogP contribution in [0.3, 0.4) is 0 Å². The van der Waals surface area contributed by atoms with Crippen LogP contribution in [-0.2, 0) is 0 Å². The first kappa shape index (κ1) is 8.53. The predicted molar refractivity (Wildman–Crippen MR) is 52.5 cm³/mol. The quantitative estimate of drug-likeness (QED) is 0.662. The first-order chi connectivity index (χ1) is 5.79. The third-order valence-corrected chi connectivity index (χ3v) is 1.32. The highest BCUT2D eigenvalue weighted by Gasteiger charge is 1.80. The van der Waals surface area contributed by atoms with Crippen molar-refractivity contribution in [1.29, 1.82) is 0 Å². The minimum absolute atomic E-state index is 0.759. The molecule has 0 radical (unpaired) electrons. The van der Waals surface area contributed by atoms with Gasteiger partial charge >= 0.3 is 0 Å². The van der Waals surface area contributed by atoms with Crippen molar-refractivity contribution in [2.75, 3.05) is 0 Å². The van der Waals surface area contributed by atoms with Gasteiger partial charge < -0.3 is 5.73 Å². The van der Waals surface area contributed by atoms with Gasteiger partial charge in [-0.2, -0.15) is 0 Å². The average molecular weight is 160 g/mol. The summed E-state index contributed by atoms with van der Waals surface area (Å²) in [6.45, 7) is 1.83. The Morgan fingerprint density at radius 1 is 1.33 bits per heavy atom. The predicted octanol–water partition coefficient (Wildman–Crippen LogP) is 2.25. The van der Waals surface area contributed by atoms with E-state index in [1.54, 1.807) is 12.3 Å². The van der Waals surface area contributed by atoms with Gasteiger partial charge in [0.1, 0.15) is 0 Å². The Morgan fingerprint density at radius 2 is 2.00 bits per heavy atom. The summed E-state index contributed by atoms with van der Waals surface area (Å²) in [7, 11) is 0. The Kier molecular flexibility index (Phi) is 3.08. The lowest BCUT2D eigenvalue weighted by Gasteiger charge is -1.88. The van der Waals surface area contributed by atoms with Gasteiger partial charge in [0.25, 0.3) is 0 Å². The highest BCUT2D eigenvalue weighted by Crippen LogP contribution is 2.08. The van der Waals surface area contributed by atoms with Gasteiger partial charge in [-0.25, -0.2) is 0 Å². The molecule has 0 heterocycles. The summed E-state index contributed by atoms with van der Waals surface area (Å²) in [5, 5.41) is 0. The maximum absolute atomic E-state index is 5.43. The van der Waals surface area contributed by atoms with Gasteiger partial charge in [0.05, 0.1) is 5.69 Å². The van der Waals surface area contributed by atoms with Crippen LogP contribution in [0, 0.1) is 0 Å². The molecule has 2 heteroatoms. The van der Waals surface area contributed by atoms with Crippen LogP contribution >= 0.6 is 0 Å². The molecule has 0 bridgehead atoms. The van der Waals surface area contributed by atoms with Crippen molar-refractivity contribution >= 4 is 11.9 Å². The number of benzene rings is 1. The number of allylic oxidation sites excluding steroid dienone is 2. The van der Waals surface area contributed by atoms with E-state index < -0.39 is 0 Å². The summed E-state index contributed by atoms with van der Waals surface area (Å²) >= 11 is 0. The van der Waals surface area contributed by atoms with Crippen molar-refractivity contribution < 1.29 is 0 Å². The molecule has 0 saturated carbocycles. The van der Waals surface area contributed by atoms with E-state index in [9.17, 15) is 0 Å². The normalized spacial score (nSPS) is 12.2. The monoisotopic (exact) mass is 160 g/mol. The number of aliphatic imine (C=N–C) groups is 1. The highest BCUT2D eigenvalue weighted by molar-refractivity contribution is 5.74. The Hall–Kier alpha value is -1.57. The molecular weight excluding hydrogens is 148 g/mol. The van der Waals surface area contributed by atoms with Crippen LogP contribution in [0.2, 0.25) is 0 Å². The Labute approximate surface area is 72.4 Å². The van der Waals surface area contributed by atoms with Crippen molar-refractivity contribution in [2.45, 2.75) is 6.92 Å². The third kappa shape index (κ3) is 3.01. The van der Waals surface area contributed by atoms with Gasteiger partial charge in [0, 0.05) is 11.9 Å². The SMILES string of the molecule is CC(N)=CC=Nc1ccccc1. The van der Waals surface area contributed by atoms with Crippen molar-refractivity contribution in [3.8, 4) is 0 Å². The van der Waals surface area contributed by atoms with E-state index in [0.717, 1.165) is 11.4 Å². The van der Waals surface area contributed by atoms with E-state index >= 15 is 0 Å².